The molecule has 2 aliphatic rings. The highest BCUT2D eigenvalue weighted by molar-refractivity contribution is 5.80. The smallest absolute Gasteiger partial charge is 0.191 e. The predicted octanol–water partition coefficient (Wildman–Crippen LogP) is 3.71. The van der Waals surface area contributed by atoms with Crippen molar-refractivity contribution in [1.82, 2.24) is 15.6 Å². The molecular formula is C21H35N5. The molecule has 0 amide bonds. The topological polar surface area (TPSA) is 52.6 Å². The van der Waals surface area contributed by atoms with Crippen molar-refractivity contribution in [1.29, 1.82) is 0 Å². The lowest BCUT2D eigenvalue weighted by Crippen LogP contribution is -2.44. The molecule has 0 atom stereocenters. The molecule has 0 radical (unpaired) electrons. The number of aromatic nitrogens is 1. The minimum Gasteiger partial charge on any atom is -0.357 e. The average molecular weight is 358 g/mol. The van der Waals surface area contributed by atoms with Crippen LogP contribution in [0.3, 0.4) is 0 Å². The van der Waals surface area contributed by atoms with Crippen molar-refractivity contribution in [2.24, 2.45) is 10.9 Å². The quantitative estimate of drug-likeness (QED) is 0.623. The number of piperidine rings is 1. The van der Waals surface area contributed by atoms with Gasteiger partial charge in [0.05, 0.1) is 6.54 Å². The zero-order valence-electron chi connectivity index (χ0n) is 16.5. The fourth-order valence-electron chi connectivity index (χ4n) is 3.94. The second-order valence-electron chi connectivity index (χ2n) is 7.87. The number of guanidine groups is 1. The Labute approximate surface area is 158 Å². The molecule has 1 aromatic heterocycles. The van der Waals surface area contributed by atoms with Crippen LogP contribution in [-0.4, -0.2) is 36.6 Å². The molecule has 144 valence electrons. The Morgan fingerprint density at radius 1 is 1.19 bits per heavy atom. The Kier molecular flexibility index (Phi) is 7.15. The summed E-state index contributed by atoms with van der Waals surface area (Å²) in [7, 11) is 0. The molecule has 0 bridgehead atoms. The maximum absolute atomic E-state index is 4.83. The van der Waals surface area contributed by atoms with Crippen molar-refractivity contribution in [3.05, 3.63) is 23.9 Å². The second kappa shape index (κ2) is 9.79. The summed E-state index contributed by atoms with van der Waals surface area (Å²) >= 11 is 0. The maximum atomic E-state index is 4.83. The Morgan fingerprint density at radius 2 is 1.96 bits per heavy atom. The molecule has 3 rings (SSSR count). The normalized spacial score (nSPS) is 24.4. The highest BCUT2D eigenvalue weighted by Gasteiger charge is 2.19. The van der Waals surface area contributed by atoms with E-state index in [4.69, 9.17) is 4.99 Å². The summed E-state index contributed by atoms with van der Waals surface area (Å²) in [5.74, 6) is 2.93. The minimum atomic E-state index is 0.561. The first-order valence-corrected chi connectivity index (χ1v) is 10.5. The molecule has 1 saturated carbocycles. The van der Waals surface area contributed by atoms with Crippen LogP contribution in [0, 0.1) is 5.92 Å². The molecule has 1 aliphatic carbocycles. The lowest BCUT2D eigenvalue weighted by atomic mass is 9.87. The molecule has 2 heterocycles. The number of nitrogens with zero attached hydrogens (tertiary/aromatic N) is 3. The van der Waals surface area contributed by atoms with Crippen molar-refractivity contribution >= 4 is 11.8 Å². The molecule has 2 fully saturated rings. The summed E-state index contributed by atoms with van der Waals surface area (Å²) in [6.45, 7) is 8.33. The van der Waals surface area contributed by atoms with Gasteiger partial charge in [0.25, 0.3) is 0 Å². The molecule has 5 heteroatoms. The zero-order valence-corrected chi connectivity index (χ0v) is 16.5. The molecule has 0 spiro atoms. The molecule has 0 aromatic carbocycles. The van der Waals surface area contributed by atoms with Crippen LogP contribution in [-0.2, 0) is 6.54 Å². The van der Waals surface area contributed by atoms with E-state index in [1.165, 1.54) is 50.5 Å². The van der Waals surface area contributed by atoms with E-state index in [-0.39, 0.29) is 0 Å². The second-order valence-corrected chi connectivity index (χ2v) is 7.87. The van der Waals surface area contributed by atoms with E-state index in [0.717, 1.165) is 37.3 Å². The van der Waals surface area contributed by atoms with Crippen LogP contribution in [0.5, 0.6) is 0 Å². The van der Waals surface area contributed by atoms with Gasteiger partial charge in [-0.1, -0.05) is 6.92 Å². The van der Waals surface area contributed by atoms with Gasteiger partial charge in [0, 0.05) is 31.9 Å². The first-order chi connectivity index (χ1) is 12.7. The summed E-state index contributed by atoms with van der Waals surface area (Å²) in [5.41, 5.74) is 1.23. The number of aliphatic imine (C=N–C) groups is 1. The number of pyridine rings is 1. The number of hydrogen-bond acceptors (Lipinski definition) is 3. The third-order valence-electron chi connectivity index (χ3n) is 5.61. The van der Waals surface area contributed by atoms with Crippen LogP contribution in [0.2, 0.25) is 0 Å². The Bertz CT molecular complexity index is 572. The van der Waals surface area contributed by atoms with Gasteiger partial charge in [-0.2, -0.15) is 0 Å². The summed E-state index contributed by atoms with van der Waals surface area (Å²) in [6.07, 6.45) is 11.0. The largest absolute Gasteiger partial charge is 0.357 e. The molecule has 5 nitrogen and oxygen atoms in total. The summed E-state index contributed by atoms with van der Waals surface area (Å²) in [4.78, 5) is 11.8. The lowest BCUT2D eigenvalue weighted by Gasteiger charge is -2.28. The number of hydrogen-bond donors (Lipinski definition) is 2. The lowest BCUT2D eigenvalue weighted by molar-refractivity contribution is 0.329. The van der Waals surface area contributed by atoms with Crippen LogP contribution in [0.25, 0.3) is 0 Å². The van der Waals surface area contributed by atoms with Gasteiger partial charge < -0.3 is 15.5 Å². The monoisotopic (exact) mass is 357 g/mol. The van der Waals surface area contributed by atoms with Crippen molar-refractivity contribution in [2.75, 3.05) is 24.5 Å². The van der Waals surface area contributed by atoms with Gasteiger partial charge in [-0.15, -0.1) is 0 Å². The number of rotatable bonds is 5. The van der Waals surface area contributed by atoms with Gasteiger partial charge in [0.1, 0.15) is 5.82 Å². The average Bonchev–Trinajstić information content (AvgIpc) is 2.69. The van der Waals surface area contributed by atoms with E-state index < -0.39 is 0 Å². The highest BCUT2D eigenvalue weighted by atomic mass is 15.2. The van der Waals surface area contributed by atoms with E-state index in [2.05, 4.69) is 46.5 Å². The van der Waals surface area contributed by atoms with Gasteiger partial charge in [-0.25, -0.2) is 9.98 Å². The summed E-state index contributed by atoms with van der Waals surface area (Å²) < 4.78 is 0. The minimum absolute atomic E-state index is 0.561. The summed E-state index contributed by atoms with van der Waals surface area (Å²) in [6, 6.07) is 4.86. The van der Waals surface area contributed by atoms with Crippen LogP contribution in [0.4, 0.5) is 5.82 Å². The van der Waals surface area contributed by atoms with Crippen LogP contribution < -0.4 is 15.5 Å². The highest BCUT2D eigenvalue weighted by Crippen LogP contribution is 2.23. The van der Waals surface area contributed by atoms with Crippen LogP contribution in [0.15, 0.2) is 23.3 Å². The molecular weight excluding hydrogens is 322 g/mol. The Morgan fingerprint density at radius 3 is 2.69 bits per heavy atom. The molecule has 0 unspecified atom stereocenters. The fourth-order valence-corrected chi connectivity index (χ4v) is 3.94. The molecule has 1 saturated heterocycles. The fraction of sp³-hybridized carbons (Fsp3) is 0.714. The van der Waals surface area contributed by atoms with Crippen molar-refractivity contribution in [3.63, 3.8) is 0 Å². The van der Waals surface area contributed by atoms with Crippen molar-refractivity contribution < 1.29 is 0 Å². The molecule has 2 N–H and O–H groups in total. The standard InChI is InChI=1S/C21H35N5/c1-3-22-21(25-19-9-7-17(2)8-10-19)24-16-18-11-12-23-20(15-18)26-13-5-4-6-14-26/h11-12,15,17,19H,3-10,13-14,16H2,1-2H3,(H2,22,24,25). The molecule has 26 heavy (non-hydrogen) atoms. The van der Waals surface area contributed by atoms with E-state index in [9.17, 15) is 0 Å². The van der Waals surface area contributed by atoms with Gasteiger partial charge in [-0.3, -0.25) is 0 Å². The van der Waals surface area contributed by atoms with Gasteiger partial charge >= 0.3 is 0 Å². The predicted molar refractivity (Wildman–Crippen MR) is 110 cm³/mol. The van der Waals surface area contributed by atoms with E-state index in [0.29, 0.717) is 12.6 Å². The first kappa shape index (κ1) is 19.0. The van der Waals surface area contributed by atoms with Crippen molar-refractivity contribution in [3.8, 4) is 0 Å². The number of nitrogens with one attached hydrogen (secondary N) is 2. The van der Waals surface area contributed by atoms with Crippen LogP contribution in [0.1, 0.15) is 64.4 Å². The summed E-state index contributed by atoms with van der Waals surface area (Å²) in [5, 5.41) is 7.04. The number of anilines is 1. The van der Waals surface area contributed by atoms with Crippen molar-refractivity contribution in [2.45, 2.75) is 71.4 Å². The van der Waals surface area contributed by atoms with Gasteiger partial charge in [-0.05, 0) is 75.5 Å². The zero-order chi connectivity index (χ0) is 18.2. The third-order valence-corrected chi connectivity index (χ3v) is 5.61. The maximum Gasteiger partial charge on any atom is 0.191 e. The van der Waals surface area contributed by atoms with Gasteiger partial charge in [0.2, 0.25) is 0 Å². The molecule has 1 aliphatic heterocycles. The third kappa shape index (κ3) is 5.61. The van der Waals surface area contributed by atoms with Gasteiger partial charge in [0.15, 0.2) is 5.96 Å². The van der Waals surface area contributed by atoms with E-state index in [1.54, 1.807) is 0 Å². The first-order valence-electron chi connectivity index (χ1n) is 10.5. The van der Waals surface area contributed by atoms with Crippen LogP contribution >= 0.6 is 0 Å². The molecule has 1 aromatic rings. The Hall–Kier alpha value is -1.78. The van der Waals surface area contributed by atoms with E-state index >= 15 is 0 Å². The Balaban J connectivity index is 1.59. The SMILES string of the molecule is CCNC(=NCc1ccnc(N2CCCCC2)c1)NC1CCC(C)CC1. The van der Waals surface area contributed by atoms with E-state index in [1.807, 2.05) is 6.20 Å².